The lowest BCUT2D eigenvalue weighted by atomic mass is 9.98. The molecule has 0 saturated heterocycles. The van der Waals surface area contributed by atoms with Gasteiger partial charge in [0.25, 0.3) is 0 Å². The van der Waals surface area contributed by atoms with Gasteiger partial charge in [0.05, 0.1) is 29.6 Å². The van der Waals surface area contributed by atoms with Gasteiger partial charge in [-0.3, -0.25) is 5.01 Å². The number of rotatable bonds is 4. The van der Waals surface area contributed by atoms with Gasteiger partial charge in [-0.25, -0.2) is 0 Å². The number of nitrogens with zero attached hydrogens (tertiary/aromatic N) is 2. The van der Waals surface area contributed by atoms with Crippen molar-refractivity contribution in [2.24, 2.45) is 5.10 Å². The molecule has 1 unspecified atom stereocenters. The standard InChI is InChI=1S/C22H18Cl2N2O/c1-27-18-12-8-16(9-13-18)22-14-20(15-6-10-17(23)11-7-15)25-26(22)21-5-3-2-4-19(21)24/h2-13,22H,14H2,1H3. The van der Waals surface area contributed by atoms with Crippen LogP contribution in [0.25, 0.3) is 0 Å². The van der Waals surface area contributed by atoms with Crippen LogP contribution in [0.3, 0.4) is 0 Å². The smallest absolute Gasteiger partial charge is 0.118 e. The van der Waals surface area contributed by atoms with Crippen LogP contribution in [-0.4, -0.2) is 12.8 Å². The average molecular weight is 397 g/mol. The van der Waals surface area contributed by atoms with Gasteiger partial charge in [0.2, 0.25) is 0 Å². The molecule has 136 valence electrons. The molecule has 1 aliphatic heterocycles. The highest BCUT2D eigenvalue weighted by Crippen LogP contribution is 2.40. The first kappa shape index (κ1) is 17.9. The minimum atomic E-state index is 0.0569. The second-order valence-electron chi connectivity index (χ2n) is 6.34. The van der Waals surface area contributed by atoms with Crippen molar-refractivity contribution in [3.8, 4) is 5.75 Å². The summed E-state index contributed by atoms with van der Waals surface area (Å²) in [6.07, 6.45) is 0.777. The second kappa shape index (κ2) is 7.63. The predicted molar refractivity (Wildman–Crippen MR) is 112 cm³/mol. The second-order valence-corrected chi connectivity index (χ2v) is 7.19. The minimum Gasteiger partial charge on any atom is -0.497 e. The van der Waals surface area contributed by atoms with Crippen molar-refractivity contribution in [3.05, 3.63) is 94.0 Å². The van der Waals surface area contributed by atoms with Crippen molar-refractivity contribution in [2.45, 2.75) is 12.5 Å². The Labute approximate surface area is 168 Å². The number of benzene rings is 3. The molecule has 1 heterocycles. The summed E-state index contributed by atoms with van der Waals surface area (Å²) in [5.74, 6) is 0.833. The molecular weight excluding hydrogens is 379 g/mol. The van der Waals surface area contributed by atoms with Crippen molar-refractivity contribution < 1.29 is 4.74 Å². The molecule has 0 fully saturated rings. The molecule has 3 aromatic carbocycles. The van der Waals surface area contributed by atoms with Gasteiger partial charge in [-0.1, -0.05) is 59.6 Å². The SMILES string of the molecule is COc1ccc(C2CC(c3ccc(Cl)cc3)=NN2c2ccccc2Cl)cc1. The fraction of sp³-hybridized carbons (Fsp3) is 0.136. The Bertz CT molecular complexity index is 968. The van der Waals surface area contributed by atoms with Gasteiger partial charge in [0.15, 0.2) is 0 Å². The fourth-order valence-corrected chi connectivity index (χ4v) is 3.62. The number of anilines is 1. The van der Waals surface area contributed by atoms with Crippen molar-refractivity contribution in [1.29, 1.82) is 0 Å². The zero-order valence-corrected chi connectivity index (χ0v) is 16.3. The van der Waals surface area contributed by atoms with E-state index in [1.165, 1.54) is 0 Å². The van der Waals surface area contributed by atoms with Gasteiger partial charge in [0, 0.05) is 11.4 Å². The zero-order valence-electron chi connectivity index (χ0n) is 14.8. The molecule has 3 nitrogen and oxygen atoms in total. The Morgan fingerprint density at radius 3 is 2.30 bits per heavy atom. The van der Waals surface area contributed by atoms with Crippen LogP contribution in [0.4, 0.5) is 5.69 Å². The van der Waals surface area contributed by atoms with E-state index in [1.807, 2.05) is 65.7 Å². The topological polar surface area (TPSA) is 24.8 Å². The van der Waals surface area contributed by atoms with Gasteiger partial charge < -0.3 is 4.74 Å². The molecule has 0 N–H and O–H groups in total. The van der Waals surface area contributed by atoms with Gasteiger partial charge in [-0.15, -0.1) is 0 Å². The molecule has 5 heteroatoms. The van der Waals surface area contributed by atoms with Crippen LogP contribution in [0.5, 0.6) is 5.75 Å². The number of halogens is 2. The Kier molecular flexibility index (Phi) is 5.06. The maximum Gasteiger partial charge on any atom is 0.118 e. The van der Waals surface area contributed by atoms with Gasteiger partial charge in [-0.2, -0.15) is 5.10 Å². The molecule has 3 aromatic rings. The minimum absolute atomic E-state index is 0.0569. The molecule has 4 rings (SSSR count). The summed E-state index contributed by atoms with van der Waals surface area (Å²) in [7, 11) is 1.67. The average Bonchev–Trinajstić information content (AvgIpc) is 3.14. The van der Waals surface area contributed by atoms with Crippen LogP contribution >= 0.6 is 23.2 Å². The highest BCUT2D eigenvalue weighted by atomic mass is 35.5. The molecule has 1 atom stereocenters. The molecule has 0 aromatic heterocycles. The maximum atomic E-state index is 6.47. The molecular formula is C22H18Cl2N2O. The summed E-state index contributed by atoms with van der Waals surface area (Å²) in [6, 6.07) is 23.7. The third-order valence-electron chi connectivity index (χ3n) is 4.69. The van der Waals surface area contributed by atoms with Crippen molar-refractivity contribution in [3.63, 3.8) is 0 Å². The van der Waals surface area contributed by atoms with Crippen LogP contribution in [0, 0.1) is 0 Å². The van der Waals surface area contributed by atoms with Crippen LogP contribution in [0.1, 0.15) is 23.6 Å². The summed E-state index contributed by atoms with van der Waals surface area (Å²) < 4.78 is 5.29. The van der Waals surface area contributed by atoms with Crippen LogP contribution in [-0.2, 0) is 0 Å². The first-order valence-electron chi connectivity index (χ1n) is 8.67. The third kappa shape index (κ3) is 3.66. The molecule has 0 bridgehead atoms. The van der Waals surface area contributed by atoms with Crippen LogP contribution < -0.4 is 9.75 Å². The lowest BCUT2D eigenvalue weighted by molar-refractivity contribution is 0.414. The number of hydrogen-bond acceptors (Lipinski definition) is 3. The maximum absolute atomic E-state index is 6.47. The number of methoxy groups -OCH3 is 1. The lowest BCUT2D eigenvalue weighted by Crippen LogP contribution is -2.18. The number of ether oxygens (including phenoxy) is 1. The Hall–Kier alpha value is -2.49. The van der Waals surface area contributed by atoms with E-state index in [4.69, 9.17) is 33.0 Å². The highest BCUT2D eigenvalue weighted by molar-refractivity contribution is 6.33. The zero-order chi connectivity index (χ0) is 18.8. The normalized spacial score (nSPS) is 16.3. The van der Waals surface area contributed by atoms with E-state index < -0.39 is 0 Å². The van der Waals surface area contributed by atoms with Crippen molar-refractivity contribution in [1.82, 2.24) is 0 Å². The van der Waals surface area contributed by atoms with E-state index in [-0.39, 0.29) is 6.04 Å². The van der Waals surface area contributed by atoms with Crippen molar-refractivity contribution in [2.75, 3.05) is 12.1 Å². The Balaban J connectivity index is 1.75. The summed E-state index contributed by atoms with van der Waals surface area (Å²) in [5.41, 5.74) is 4.12. The predicted octanol–water partition coefficient (Wildman–Crippen LogP) is 6.36. The Morgan fingerprint density at radius 2 is 1.63 bits per heavy atom. The van der Waals surface area contributed by atoms with E-state index in [1.54, 1.807) is 7.11 Å². The van der Waals surface area contributed by atoms with E-state index >= 15 is 0 Å². The monoisotopic (exact) mass is 396 g/mol. The van der Waals surface area contributed by atoms with Crippen molar-refractivity contribution >= 4 is 34.6 Å². The lowest BCUT2D eigenvalue weighted by Gasteiger charge is -2.25. The third-order valence-corrected chi connectivity index (χ3v) is 5.26. The van der Waals surface area contributed by atoms with Gasteiger partial charge in [0.1, 0.15) is 5.75 Å². The van der Waals surface area contributed by atoms with E-state index in [0.717, 1.165) is 34.7 Å². The van der Waals surface area contributed by atoms with E-state index in [0.29, 0.717) is 10.0 Å². The molecule has 0 radical (unpaired) electrons. The Morgan fingerprint density at radius 1 is 0.926 bits per heavy atom. The highest BCUT2D eigenvalue weighted by Gasteiger charge is 2.30. The molecule has 0 saturated carbocycles. The van der Waals surface area contributed by atoms with E-state index in [9.17, 15) is 0 Å². The van der Waals surface area contributed by atoms with E-state index in [2.05, 4.69) is 12.1 Å². The summed E-state index contributed by atoms with van der Waals surface area (Å²) >= 11 is 12.5. The number of hydrazone groups is 1. The molecule has 0 aliphatic carbocycles. The fourth-order valence-electron chi connectivity index (χ4n) is 3.27. The largest absolute Gasteiger partial charge is 0.497 e. The molecule has 0 spiro atoms. The van der Waals surface area contributed by atoms with Crippen LogP contribution in [0.15, 0.2) is 77.9 Å². The molecule has 1 aliphatic rings. The summed E-state index contributed by atoms with van der Waals surface area (Å²) in [5, 5.41) is 8.31. The molecule has 0 amide bonds. The summed E-state index contributed by atoms with van der Waals surface area (Å²) in [6.45, 7) is 0. The number of hydrogen-bond donors (Lipinski definition) is 0. The first-order valence-corrected chi connectivity index (χ1v) is 9.42. The van der Waals surface area contributed by atoms with Crippen LogP contribution in [0.2, 0.25) is 10.0 Å². The van der Waals surface area contributed by atoms with Gasteiger partial charge >= 0.3 is 0 Å². The molecule has 27 heavy (non-hydrogen) atoms. The first-order chi connectivity index (χ1) is 13.2. The summed E-state index contributed by atoms with van der Waals surface area (Å²) in [4.78, 5) is 0. The van der Waals surface area contributed by atoms with Gasteiger partial charge in [-0.05, 0) is 47.5 Å². The number of para-hydroxylation sites is 1. The quantitative estimate of drug-likeness (QED) is 0.512.